The zero-order valence-corrected chi connectivity index (χ0v) is 7.55. The summed E-state index contributed by atoms with van der Waals surface area (Å²) in [5.41, 5.74) is 1.43. The third kappa shape index (κ3) is 2.11. The van der Waals surface area contributed by atoms with Gasteiger partial charge in [0.15, 0.2) is 0 Å². The van der Waals surface area contributed by atoms with E-state index in [-0.39, 0.29) is 0 Å². The maximum absolute atomic E-state index is 5.17. The van der Waals surface area contributed by atoms with Crippen LogP contribution < -0.4 is 0 Å². The number of hydrogen-bond acceptors (Lipinski definition) is 1. The van der Waals surface area contributed by atoms with Gasteiger partial charge in [0.25, 0.3) is 0 Å². The molecule has 0 fully saturated rings. The number of rotatable bonds is 1. The Morgan fingerprint density at radius 3 is 2.91 bits per heavy atom. The van der Waals surface area contributed by atoms with Crippen LogP contribution in [0.25, 0.3) is 0 Å². The Hall–Kier alpha value is -0.720. The molecular formula is C10H16O. The van der Waals surface area contributed by atoms with E-state index >= 15 is 0 Å². The molecule has 0 aromatic heterocycles. The molecule has 0 aliphatic heterocycles. The van der Waals surface area contributed by atoms with Crippen molar-refractivity contribution in [3.8, 4) is 0 Å². The van der Waals surface area contributed by atoms with Crippen molar-refractivity contribution in [2.24, 2.45) is 5.92 Å². The first-order valence-corrected chi connectivity index (χ1v) is 4.16. The van der Waals surface area contributed by atoms with Crippen LogP contribution in [0.5, 0.6) is 0 Å². The van der Waals surface area contributed by atoms with Crippen LogP contribution >= 0.6 is 0 Å². The van der Waals surface area contributed by atoms with Crippen LogP contribution in [0.2, 0.25) is 0 Å². The molecule has 0 aromatic carbocycles. The monoisotopic (exact) mass is 152 g/mol. The summed E-state index contributed by atoms with van der Waals surface area (Å²) in [6.07, 6.45) is 6.68. The minimum absolute atomic E-state index is 0.707. The van der Waals surface area contributed by atoms with Crippen molar-refractivity contribution in [3.63, 3.8) is 0 Å². The van der Waals surface area contributed by atoms with Crippen LogP contribution in [-0.2, 0) is 4.74 Å². The Labute approximate surface area is 68.8 Å². The van der Waals surface area contributed by atoms with Gasteiger partial charge in [0.1, 0.15) is 5.76 Å². The third-order valence-corrected chi connectivity index (χ3v) is 2.33. The lowest BCUT2D eigenvalue weighted by molar-refractivity contribution is 0.305. The van der Waals surface area contributed by atoms with Crippen LogP contribution in [0, 0.1) is 5.92 Å². The first kappa shape index (κ1) is 8.38. The molecule has 0 amide bonds. The normalized spacial score (nSPS) is 25.2. The molecule has 0 bridgehead atoms. The van der Waals surface area contributed by atoms with Gasteiger partial charge in [-0.25, -0.2) is 0 Å². The summed E-state index contributed by atoms with van der Waals surface area (Å²) in [6, 6.07) is 0. The Morgan fingerprint density at radius 2 is 2.27 bits per heavy atom. The van der Waals surface area contributed by atoms with E-state index in [9.17, 15) is 0 Å². The van der Waals surface area contributed by atoms with E-state index in [2.05, 4.69) is 26.0 Å². The molecule has 1 heteroatoms. The van der Waals surface area contributed by atoms with E-state index in [1.165, 1.54) is 12.0 Å². The Morgan fingerprint density at radius 1 is 1.55 bits per heavy atom. The average Bonchev–Trinajstić information content (AvgIpc) is 2.15. The quantitative estimate of drug-likeness (QED) is 0.561. The molecule has 1 aliphatic rings. The zero-order valence-electron chi connectivity index (χ0n) is 7.55. The molecule has 0 N–H and O–H groups in total. The van der Waals surface area contributed by atoms with Gasteiger partial charge in [0.2, 0.25) is 0 Å². The molecule has 1 rings (SSSR count). The molecule has 1 atom stereocenters. The van der Waals surface area contributed by atoms with Gasteiger partial charge in [-0.15, -0.1) is 0 Å². The summed E-state index contributed by atoms with van der Waals surface area (Å²) >= 11 is 0. The number of methoxy groups -OCH3 is 1. The molecule has 0 radical (unpaired) electrons. The van der Waals surface area contributed by atoms with Crippen molar-refractivity contribution in [1.29, 1.82) is 0 Å². The lowest BCUT2D eigenvalue weighted by Crippen LogP contribution is -1.93. The fraction of sp³-hybridized carbons (Fsp3) is 0.600. The highest BCUT2D eigenvalue weighted by atomic mass is 16.5. The summed E-state index contributed by atoms with van der Waals surface area (Å²) in [7, 11) is 1.73. The van der Waals surface area contributed by atoms with Crippen molar-refractivity contribution in [1.82, 2.24) is 0 Å². The summed E-state index contributed by atoms with van der Waals surface area (Å²) in [6.45, 7) is 4.43. The molecule has 0 saturated heterocycles. The number of allylic oxidation sites excluding steroid dienone is 3. The van der Waals surface area contributed by atoms with E-state index in [0.29, 0.717) is 5.92 Å². The lowest BCUT2D eigenvalue weighted by atomic mass is 9.99. The zero-order chi connectivity index (χ0) is 8.27. The molecule has 0 aromatic rings. The summed E-state index contributed by atoms with van der Waals surface area (Å²) in [5, 5.41) is 0. The summed E-state index contributed by atoms with van der Waals surface area (Å²) in [4.78, 5) is 0. The minimum Gasteiger partial charge on any atom is -0.497 e. The van der Waals surface area contributed by atoms with Crippen molar-refractivity contribution >= 4 is 0 Å². The van der Waals surface area contributed by atoms with Crippen LogP contribution in [0.15, 0.2) is 23.5 Å². The number of ether oxygens (including phenoxy) is 1. The predicted octanol–water partition coefficient (Wildman–Crippen LogP) is 2.89. The molecule has 1 aliphatic carbocycles. The minimum atomic E-state index is 0.707. The van der Waals surface area contributed by atoms with Crippen molar-refractivity contribution in [2.75, 3.05) is 7.11 Å². The fourth-order valence-corrected chi connectivity index (χ4v) is 1.27. The molecule has 62 valence electrons. The fourth-order valence-electron chi connectivity index (χ4n) is 1.27. The van der Waals surface area contributed by atoms with Gasteiger partial charge in [-0.05, 0) is 37.8 Å². The van der Waals surface area contributed by atoms with Gasteiger partial charge in [-0.1, -0.05) is 12.5 Å². The molecule has 11 heavy (non-hydrogen) atoms. The van der Waals surface area contributed by atoms with Crippen molar-refractivity contribution in [3.05, 3.63) is 23.5 Å². The average molecular weight is 152 g/mol. The highest BCUT2D eigenvalue weighted by Gasteiger charge is 2.07. The van der Waals surface area contributed by atoms with Crippen LogP contribution in [0.1, 0.15) is 26.7 Å². The van der Waals surface area contributed by atoms with Crippen LogP contribution in [-0.4, -0.2) is 7.11 Å². The second-order valence-electron chi connectivity index (χ2n) is 3.18. The summed E-state index contributed by atoms with van der Waals surface area (Å²) in [5.74, 6) is 1.73. The highest BCUT2D eigenvalue weighted by Crippen LogP contribution is 2.22. The standard InChI is InChI=1S/C10H16O/c1-8-5-4-6-10(11-3)7-9(8)2/h6-8H,4-5H2,1-3H3/t8-/m0/s1. The van der Waals surface area contributed by atoms with Crippen LogP contribution in [0.4, 0.5) is 0 Å². The molecule has 1 nitrogen and oxygen atoms in total. The van der Waals surface area contributed by atoms with Gasteiger partial charge in [0.05, 0.1) is 7.11 Å². The first-order chi connectivity index (χ1) is 5.24. The second-order valence-corrected chi connectivity index (χ2v) is 3.18. The van der Waals surface area contributed by atoms with E-state index in [4.69, 9.17) is 4.74 Å². The first-order valence-electron chi connectivity index (χ1n) is 4.16. The van der Waals surface area contributed by atoms with E-state index < -0.39 is 0 Å². The van der Waals surface area contributed by atoms with Gasteiger partial charge < -0.3 is 4.74 Å². The van der Waals surface area contributed by atoms with Gasteiger partial charge in [-0.2, -0.15) is 0 Å². The summed E-state index contributed by atoms with van der Waals surface area (Å²) < 4.78 is 5.17. The smallest absolute Gasteiger partial charge is 0.114 e. The van der Waals surface area contributed by atoms with E-state index in [1.807, 2.05) is 0 Å². The highest BCUT2D eigenvalue weighted by molar-refractivity contribution is 5.21. The van der Waals surface area contributed by atoms with E-state index in [1.54, 1.807) is 7.11 Å². The Bertz CT molecular complexity index is 189. The lowest BCUT2D eigenvalue weighted by Gasteiger charge is -2.07. The maximum Gasteiger partial charge on any atom is 0.114 e. The molecule has 0 unspecified atom stereocenters. The van der Waals surface area contributed by atoms with Gasteiger partial charge in [0, 0.05) is 0 Å². The molecule has 0 heterocycles. The van der Waals surface area contributed by atoms with Gasteiger partial charge in [-0.3, -0.25) is 0 Å². The maximum atomic E-state index is 5.17. The van der Waals surface area contributed by atoms with Crippen LogP contribution in [0.3, 0.4) is 0 Å². The SMILES string of the molecule is COC1=CCC[C@H](C)C(C)=C1. The Balaban J connectivity index is 2.74. The second kappa shape index (κ2) is 3.61. The predicted molar refractivity (Wildman–Crippen MR) is 47.2 cm³/mol. The van der Waals surface area contributed by atoms with Crippen molar-refractivity contribution in [2.45, 2.75) is 26.7 Å². The van der Waals surface area contributed by atoms with E-state index in [0.717, 1.165) is 12.2 Å². The number of hydrogen-bond donors (Lipinski definition) is 0. The van der Waals surface area contributed by atoms with Gasteiger partial charge >= 0.3 is 0 Å². The topological polar surface area (TPSA) is 9.23 Å². The Kier molecular flexibility index (Phi) is 2.75. The molecule has 0 saturated carbocycles. The molecule has 0 spiro atoms. The third-order valence-electron chi connectivity index (χ3n) is 2.33. The molecular weight excluding hydrogens is 136 g/mol. The van der Waals surface area contributed by atoms with Crippen molar-refractivity contribution < 1.29 is 4.74 Å². The largest absolute Gasteiger partial charge is 0.497 e.